The van der Waals surface area contributed by atoms with E-state index >= 15 is 4.79 Å². The quantitative estimate of drug-likeness (QED) is 0.130. The molecule has 62 heavy (non-hydrogen) atoms. The fourth-order valence-corrected chi connectivity index (χ4v) is 10.2. The Morgan fingerprint density at radius 3 is 1.95 bits per heavy atom. The number of carbonyl (C=O) groups excluding carboxylic acids is 6. The minimum atomic E-state index is -2.39. The predicted molar refractivity (Wildman–Crippen MR) is 218 cm³/mol. The van der Waals surface area contributed by atoms with Crippen LogP contribution in [-0.4, -0.2) is 105 Å². The summed E-state index contributed by atoms with van der Waals surface area (Å²) in [4.78, 5) is 83.5. The molecule has 1 amide bonds. The van der Waals surface area contributed by atoms with Gasteiger partial charge in [0, 0.05) is 37.7 Å². The molecule has 15 nitrogen and oxygen atoms in total. The summed E-state index contributed by atoms with van der Waals surface area (Å²) in [6, 6.07) is 22.9. The summed E-state index contributed by atoms with van der Waals surface area (Å²) in [5.41, 5.74) is -7.02. The third-order valence-corrected chi connectivity index (χ3v) is 13.5. The van der Waals surface area contributed by atoms with Gasteiger partial charge < -0.3 is 44.3 Å². The van der Waals surface area contributed by atoms with Crippen LogP contribution < -0.4 is 5.32 Å². The van der Waals surface area contributed by atoms with E-state index in [0.29, 0.717) is 5.56 Å². The van der Waals surface area contributed by atoms with Crippen molar-refractivity contribution in [2.45, 2.75) is 108 Å². The highest BCUT2D eigenvalue weighted by atomic mass is 16.6. The molecular formula is C47H51NO14. The number of amides is 1. The maximum atomic E-state index is 15.5. The first-order valence-corrected chi connectivity index (χ1v) is 20.5. The summed E-state index contributed by atoms with van der Waals surface area (Å²) in [6.45, 7) is 7.97. The molecule has 0 aromatic heterocycles. The Kier molecular flexibility index (Phi) is 11.8. The number of nitrogens with one attached hydrogen (secondary N) is 1. The first kappa shape index (κ1) is 44.3. The molecule has 4 N–H and O–H groups in total. The van der Waals surface area contributed by atoms with Crippen molar-refractivity contribution in [1.82, 2.24) is 5.32 Å². The van der Waals surface area contributed by atoms with E-state index in [1.807, 2.05) is 0 Å². The van der Waals surface area contributed by atoms with Gasteiger partial charge in [-0.2, -0.15) is 0 Å². The molecule has 3 aromatic carbocycles. The fraction of sp³-hybridized carbons (Fsp3) is 0.447. The normalized spacial score (nSPS) is 31.9. The molecule has 328 valence electrons. The van der Waals surface area contributed by atoms with Crippen LogP contribution in [0.3, 0.4) is 0 Å². The lowest BCUT2D eigenvalue weighted by atomic mass is 9.44. The zero-order chi connectivity index (χ0) is 44.9. The summed E-state index contributed by atoms with van der Waals surface area (Å²) in [7, 11) is 0. The molecule has 2 saturated carbocycles. The van der Waals surface area contributed by atoms with Crippen molar-refractivity contribution in [3.63, 3.8) is 0 Å². The van der Waals surface area contributed by atoms with Crippen molar-refractivity contribution in [2.75, 3.05) is 6.61 Å². The molecule has 0 spiro atoms. The maximum absolute atomic E-state index is 15.5. The highest BCUT2D eigenvalue weighted by Gasteiger charge is 2.78. The minimum Gasteiger partial charge on any atom is -0.456 e. The average molecular weight is 854 g/mol. The van der Waals surface area contributed by atoms with E-state index in [-0.39, 0.29) is 35.3 Å². The highest BCUT2D eigenvalue weighted by Crippen LogP contribution is 2.64. The average Bonchev–Trinajstić information content (AvgIpc) is 3.24. The molecule has 3 aliphatic carbocycles. The Hall–Kier alpha value is -5.74. The molecule has 0 radical (unpaired) electrons. The first-order valence-electron chi connectivity index (χ1n) is 20.5. The van der Waals surface area contributed by atoms with Crippen LogP contribution >= 0.6 is 0 Å². The fourth-order valence-electron chi connectivity index (χ4n) is 10.2. The third kappa shape index (κ3) is 7.29. The van der Waals surface area contributed by atoms with Crippen LogP contribution in [0.4, 0.5) is 0 Å². The van der Waals surface area contributed by atoms with E-state index < -0.39 is 113 Å². The molecule has 3 aromatic rings. The van der Waals surface area contributed by atoms with Crippen LogP contribution in [0.25, 0.3) is 0 Å². The third-order valence-electron chi connectivity index (χ3n) is 13.5. The molecule has 11 atom stereocenters. The predicted octanol–water partition coefficient (Wildman–Crippen LogP) is 3.74. The van der Waals surface area contributed by atoms with Gasteiger partial charge in [0.25, 0.3) is 5.91 Å². The van der Waals surface area contributed by atoms with Gasteiger partial charge >= 0.3 is 23.9 Å². The van der Waals surface area contributed by atoms with Crippen molar-refractivity contribution < 1.29 is 67.8 Å². The van der Waals surface area contributed by atoms with Gasteiger partial charge in [-0.3, -0.25) is 19.2 Å². The SMILES string of the molecule is CC(=O)O[C@H]1C(=O)[C@@]2(C)[C@H]([C@H](OC(=O)c3ccccc3)[C@]3(O)C[C@H](OC(=O)[C@H](O)[C@H](NC(=O)c4ccccc4)c4ccccc4)C(C)=C1C3(C)C)[C@]1(OC(C)=O)CO[C@@H]1C[C@@H]2O. The standard InChI is InChI=1S/C47H51NO14/c1-25-31(60-43(56)36(52)35(28-16-10-7-11-17-28)48-41(54)29-18-12-8-13-19-29)23-47(57)40(61-42(55)30-20-14-9-15-21-30)38-45(6,32(51)22-33-46(38,24-58-33)62-27(3)50)39(53)37(59-26(2)49)34(25)44(47,4)5/h7-21,31-33,35-38,40,51-52,57H,22-24H2,1-6H3,(H,48,54)/t31-,32-,33+,35+,36+,37+,38-,40-,45+,46-,47+/m0/s1. The number of fused-ring (bicyclic) bond motifs is 5. The highest BCUT2D eigenvalue weighted by molar-refractivity contribution is 5.96. The second kappa shape index (κ2) is 16.5. The van der Waals surface area contributed by atoms with Crippen LogP contribution in [0.2, 0.25) is 0 Å². The Morgan fingerprint density at radius 2 is 1.40 bits per heavy atom. The lowest BCUT2D eigenvalue weighted by Crippen LogP contribution is -2.82. The molecule has 1 aliphatic heterocycles. The molecule has 3 fully saturated rings. The van der Waals surface area contributed by atoms with E-state index in [2.05, 4.69) is 5.32 Å². The summed E-state index contributed by atoms with van der Waals surface area (Å²) >= 11 is 0. The van der Waals surface area contributed by atoms with Crippen LogP contribution in [-0.2, 0) is 42.9 Å². The van der Waals surface area contributed by atoms with Crippen LogP contribution in [0.5, 0.6) is 0 Å². The minimum absolute atomic E-state index is 0.00289. The number of aliphatic hydroxyl groups is 3. The van der Waals surface area contributed by atoms with Crippen molar-refractivity contribution in [2.24, 2.45) is 16.7 Å². The molecule has 4 aliphatic rings. The van der Waals surface area contributed by atoms with Gasteiger partial charge in [0.2, 0.25) is 0 Å². The van der Waals surface area contributed by atoms with Crippen molar-refractivity contribution in [1.29, 1.82) is 0 Å². The number of hydrogen-bond donors (Lipinski definition) is 4. The number of hydrogen-bond acceptors (Lipinski definition) is 14. The lowest BCUT2D eigenvalue weighted by Gasteiger charge is -2.67. The zero-order valence-electron chi connectivity index (χ0n) is 35.2. The van der Waals surface area contributed by atoms with Crippen molar-refractivity contribution >= 4 is 35.6 Å². The van der Waals surface area contributed by atoms with E-state index in [1.54, 1.807) is 92.7 Å². The maximum Gasteiger partial charge on any atom is 0.338 e. The monoisotopic (exact) mass is 853 g/mol. The number of benzene rings is 3. The van der Waals surface area contributed by atoms with Crippen molar-refractivity contribution in [3.05, 3.63) is 119 Å². The lowest BCUT2D eigenvalue weighted by molar-refractivity contribution is -0.346. The Balaban J connectivity index is 1.39. The van der Waals surface area contributed by atoms with E-state index in [1.165, 1.54) is 26.0 Å². The van der Waals surface area contributed by atoms with Gasteiger partial charge in [-0.25, -0.2) is 9.59 Å². The number of carbonyl (C=O) groups is 6. The molecular weight excluding hydrogens is 803 g/mol. The number of esters is 4. The number of aliphatic hydroxyl groups excluding tert-OH is 2. The molecule has 0 unspecified atom stereocenters. The molecule has 2 bridgehead atoms. The Labute approximate surface area is 358 Å². The molecule has 7 rings (SSSR count). The zero-order valence-corrected chi connectivity index (χ0v) is 35.2. The van der Waals surface area contributed by atoms with E-state index in [4.69, 9.17) is 23.7 Å². The smallest absolute Gasteiger partial charge is 0.338 e. The van der Waals surface area contributed by atoms with Gasteiger partial charge in [0.05, 0.1) is 35.6 Å². The topological polar surface area (TPSA) is 221 Å². The Morgan fingerprint density at radius 1 is 0.823 bits per heavy atom. The second-order valence-electron chi connectivity index (χ2n) is 17.4. The number of ketones is 1. The van der Waals surface area contributed by atoms with E-state index in [9.17, 15) is 39.3 Å². The largest absolute Gasteiger partial charge is 0.456 e. The van der Waals surface area contributed by atoms with Crippen molar-refractivity contribution in [3.8, 4) is 0 Å². The number of rotatable bonds is 10. The molecule has 15 heteroatoms. The number of Topliss-reactive ketones (excluding diaryl/α,β-unsaturated/α-hetero) is 1. The second-order valence-corrected chi connectivity index (χ2v) is 17.4. The van der Waals surface area contributed by atoms with Gasteiger partial charge in [-0.1, -0.05) is 80.6 Å². The van der Waals surface area contributed by atoms with E-state index in [0.717, 1.165) is 13.8 Å². The van der Waals surface area contributed by atoms with Gasteiger partial charge in [-0.15, -0.1) is 0 Å². The van der Waals surface area contributed by atoms with Gasteiger partial charge in [0.1, 0.15) is 23.9 Å². The first-order chi connectivity index (χ1) is 29.3. The Bertz CT molecular complexity index is 2280. The van der Waals surface area contributed by atoms with Gasteiger partial charge in [0.15, 0.2) is 23.6 Å². The summed E-state index contributed by atoms with van der Waals surface area (Å²) in [5, 5.41) is 40.2. The van der Waals surface area contributed by atoms with Crippen LogP contribution in [0, 0.1) is 16.7 Å². The summed E-state index contributed by atoms with van der Waals surface area (Å²) in [5.74, 6) is -6.84. The summed E-state index contributed by atoms with van der Waals surface area (Å²) < 4.78 is 30.3. The number of ether oxygens (including phenoxy) is 5. The molecule has 1 saturated heterocycles. The molecule has 1 heterocycles. The van der Waals surface area contributed by atoms with Crippen LogP contribution in [0.1, 0.15) is 86.7 Å². The summed E-state index contributed by atoms with van der Waals surface area (Å²) in [6.07, 6.45) is -10.5. The van der Waals surface area contributed by atoms with Gasteiger partial charge in [-0.05, 0) is 54.8 Å². The van der Waals surface area contributed by atoms with Crippen LogP contribution in [0.15, 0.2) is 102 Å².